The number of aromatic nitrogens is 2. The van der Waals surface area contributed by atoms with Crippen molar-refractivity contribution < 1.29 is 4.79 Å². The zero-order chi connectivity index (χ0) is 20.3. The molecule has 3 rings (SSSR count). The molecule has 0 aliphatic heterocycles. The first kappa shape index (κ1) is 19.5. The summed E-state index contributed by atoms with van der Waals surface area (Å²) in [6, 6.07) is 16.2. The highest BCUT2D eigenvalue weighted by Crippen LogP contribution is 2.23. The zero-order valence-electron chi connectivity index (χ0n) is 16.7. The number of nitrogens with one attached hydrogen (secondary N) is 1. The Labute approximate surface area is 165 Å². The first-order chi connectivity index (χ1) is 13.4. The number of hydrogen-bond donors (Lipinski definition) is 1. The first-order valence-corrected chi connectivity index (χ1v) is 9.44. The number of rotatable bonds is 5. The van der Waals surface area contributed by atoms with Crippen LogP contribution in [0.3, 0.4) is 0 Å². The standard InChI is InChI=1S/C23H25N3O2/c1-5-21(23(28)24-18-10-7-15(2)8-11-18)26-22(27)13-12-20(25-26)19-14-16(3)6-9-17(19)4/h6-14,21H,5H2,1-4H3,(H,24,28)/t21-/m1/s1. The summed E-state index contributed by atoms with van der Waals surface area (Å²) in [4.78, 5) is 25.3. The lowest BCUT2D eigenvalue weighted by Gasteiger charge is -2.18. The molecule has 28 heavy (non-hydrogen) atoms. The van der Waals surface area contributed by atoms with Gasteiger partial charge in [0.15, 0.2) is 0 Å². The maximum Gasteiger partial charge on any atom is 0.267 e. The van der Waals surface area contributed by atoms with Crippen LogP contribution < -0.4 is 10.9 Å². The number of anilines is 1. The van der Waals surface area contributed by atoms with E-state index in [0.717, 1.165) is 22.3 Å². The van der Waals surface area contributed by atoms with Gasteiger partial charge in [-0.1, -0.05) is 42.3 Å². The third-order valence-electron chi connectivity index (χ3n) is 4.80. The van der Waals surface area contributed by atoms with E-state index in [2.05, 4.69) is 10.4 Å². The van der Waals surface area contributed by atoms with Crippen LogP contribution in [0.2, 0.25) is 0 Å². The van der Waals surface area contributed by atoms with Crippen molar-refractivity contribution >= 4 is 11.6 Å². The number of carbonyl (C=O) groups excluding carboxylic acids is 1. The molecule has 0 saturated heterocycles. The fourth-order valence-corrected chi connectivity index (χ4v) is 3.14. The number of carbonyl (C=O) groups is 1. The molecule has 1 heterocycles. The lowest BCUT2D eigenvalue weighted by atomic mass is 10.0. The van der Waals surface area contributed by atoms with Gasteiger partial charge in [-0.15, -0.1) is 0 Å². The van der Waals surface area contributed by atoms with Crippen LogP contribution in [-0.2, 0) is 4.79 Å². The summed E-state index contributed by atoms with van der Waals surface area (Å²) in [6.45, 7) is 7.89. The SMILES string of the molecule is CC[C@H](C(=O)Nc1ccc(C)cc1)n1nc(-c2cc(C)ccc2C)ccc1=O. The molecule has 0 radical (unpaired) electrons. The molecule has 0 fully saturated rings. The molecule has 1 amide bonds. The van der Waals surface area contributed by atoms with Gasteiger partial charge in [0.25, 0.3) is 5.56 Å². The van der Waals surface area contributed by atoms with Gasteiger partial charge in [-0.25, -0.2) is 4.68 Å². The van der Waals surface area contributed by atoms with Crippen molar-refractivity contribution in [1.29, 1.82) is 0 Å². The predicted octanol–water partition coefficient (Wildman–Crippen LogP) is 4.43. The van der Waals surface area contributed by atoms with Gasteiger partial charge in [0.05, 0.1) is 5.69 Å². The summed E-state index contributed by atoms with van der Waals surface area (Å²) in [6.07, 6.45) is 0.459. The summed E-state index contributed by atoms with van der Waals surface area (Å²) in [5.74, 6) is -0.251. The second kappa shape index (κ2) is 8.21. The van der Waals surface area contributed by atoms with Crippen molar-refractivity contribution in [3.8, 4) is 11.3 Å². The van der Waals surface area contributed by atoms with Crippen molar-refractivity contribution in [3.05, 3.63) is 81.6 Å². The van der Waals surface area contributed by atoms with Crippen molar-refractivity contribution in [1.82, 2.24) is 9.78 Å². The first-order valence-electron chi connectivity index (χ1n) is 9.44. The lowest BCUT2D eigenvalue weighted by molar-refractivity contribution is -0.119. The van der Waals surface area contributed by atoms with Crippen molar-refractivity contribution in [2.75, 3.05) is 5.32 Å². The van der Waals surface area contributed by atoms with Crippen LogP contribution in [0.4, 0.5) is 5.69 Å². The predicted molar refractivity (Wildman–Crippen MR) is 113 cm³/mol. The Morgan fingerprint density at radius 2 is 1.68 bits per heavy atom. The molecule has 5 heteroatoms. The Bertz CT molecular complexity index is 1050. The average molecular weight is 375 g/mol. The molecule has 2 aromatic carbocycles. The highest BCUT2D eigenvalue weighted by molar-refractivity contribution is 5.93. The molecular formula is C23H25N3O2. The van der Waals surface area contributed by atoms with Crippen LogP contribution in [0.1, 0.15) is 36.1 Å². The average Bonchev–Trinajstić information content (AvgIpc) is 2.67. The molecule has 0 saturated carbocycles. The van der Waals surface area contributed by atoms with Crippen LogP contribution >= 0.6 is 0 Å². The molecule has 1 N–H and O–H groups in total. The van der Waals surface area contributed by atoms with E-state index >= 15 is 0 Å². The zero-order valence-corrected chi connectivity index (χ0v) is 16.7. The van der Waals surface area contributed by atoms with E-state index in [9.17, 15) is 9.59 Å². The van der Waals surface area contributed by atoms with E-state index in [-0.39, 0.29) is 11.5 Å². The van der Waals surface area contributed by atoms with Crippen LogP contribution in [0, 0.1) is 20.8 Å². The quantitative estimate of drug-likeness (QED) is 0.718. The highest BCUT2D eigenvalue weighted by atomic mass is 16.2. The maximum atomic E-state index is 12.8. The summed E-state index contributed by atoms with van der Waals surface area (Å²) in [5.41, 5.74) is 5.35. The largest absolute Gasteiger partial charge is 0.324 e. The van der Waals surface area contributed by atoms with E-state index in [0.29, 0.717) is 17.8 Å². The van der Waals surface area contributed by atoms with Gasteiger partial charge in [-0.3, -0.25) is 9.59 Å². The van der Waals surface area contributed by atoms with E-state index in [1.54, 1.807) is 6.07 Å². The maximum absolute atomic E-state index is 12.8. The molecule has 1 atom stereocenters. The molecule has 0 aliphatic rings. The molecule has 0 unspecified atom stereocenters. The number of amides is 1. The van der Waals surface area contributed by atoms with Gasteiger partial charge in [0.1, 0.15) is 6.04 Å². The smallest absolute Gasteiger partial charge is 0.267 e. The highest BCUT2D eigenvalue weighted by Gasteiger charge is 2.21. The second-order valence-corrected chi connectivity index (χ2v) is 7.10. The van der Waals surface area contributed by atoms with Gasteiger partial charge in [0.2, 0.25) is 5.91 Å². The van der Waals surface area contributed by atoms with Gasteiger partial charge in [-0.05, 0) is 57.0 Å². The number of aryl methyl sites for hydroxylation is 3. The summed E-state index contributed by atoms with van der Waals surface area (Å²) in [5, 5.41) is 7.42. The van der Waals surface area contributed by atoms with Crippen LogP contribution in [0.15, 0.2) is 59.4 Å². The third-order valence-corrected chi connectivity index (χ3v) is 4.80. The van der Waals surface area contributed by atoms with Crippen molar-refractivity contribution in [2.24, 2.45) is 0 Å². The van der Waals surface area contributed by atoms with Gasteiger partial charge >= 0.3 is 0 Å². The molecule has 5 nitrogen and oxygen atoms in total. The second-order valence-electron chi connectivity index (χ2n) is 7.10. The Kier molecular flexibility index (Phi) is 5.73. The molecule has 1 aromatic heterocycles. The minimum absolute atomic E-state index is 0.251. The fraction of sp³-hybridized carbons (Fsp3) is 0.261. The molecular weight excluding hydrogens is 350 g/mol. The number of nitrogens with zero attached hydrogens (tertiary/aromatic N) is 2. The van der Waals surface area contributed by atoms with Crippen molar-refractivity contribution in [2.45, 2.75) is 40.2 Å². The summed E-state index contributed by atoms with van der Waals surface area (Å²) >= 11 is 0. The van der Waals surface area contributed by atoms with Crippen LogP contribution in [-0.4, -0.2) is 15.7 Å². The van der Waals surface area contributed by atoms with Gasteiger partial charge in [0, 0.05) is 17.3 Å². The topological polar surface area (TPSA) is 64.0 Å². The Hall–Kier alpha value is -3.21. The van der Waals surface area contributed by atoms with Gasteiger partial charge < -0.3 is 5.32 Å². The van der Waals surface area contributed by atoms with E-state index in [1.165, 1.54) is 10.7 Å². The minimum Gasteiger partial charge on any atom is -0.324 e. The molecule has 144 valence electrons. The Balaban J connectivity index is 1.96. The monoisotopic (exact) mass is 375 g/mol. The third kappa shape index (κ3) is 4.19. The summed E-state index contributed by atoms with van der Waals surface area (Å²) in [7, 11) is 0. The number of benzene rings is 2. The lowest BCUT2D eigenvalue weighted by Crippen LogP contribution is -2.34. The molecule has 0 bridgehead atoms. The van der Waals surface area contributed by atoms with E-state index < -0.39 is 6.04 Å². The normalized spacial score (nSPS) is 11.9. The Morgan fingerprint density at radius 1 is 1.00 bits per heavy atom. The Morgan fingerprint density at radius 3 is 2.36 bits per heavy atom. The van der Waals surface area contributed by atoms with Crippen LogP contribution in [0.25, 0.3) is 11.3 Å². The minimum atomic E-state index is -0.682. The number of hydrogen-bond acceptors (Lipinski definition) is 3. The van der Waals surface area contributed by atoms with Crippen LogP contribution in [0.5, 0.6) is 0 Å². The fourth-order valence-electron chi connectivity index (χ4n) is 3.14. The molecule has 0 spiro atoms. The summed E-state index contributed by atoms with van der Waals surface area (Å²) < 4.78 is 1.29. The molecule has 0 aliphatic carbocycles. The van der Waals surface area contributed by atoms with Crippen molar-refractivity contribution in [3.63, 3.8) is 0 Å². The van der Waals surface area contributed by atoms with Gasteiger partial charge in [-0.2, -0.15) is 5.10 Å². The molecule has 3 aromatic rings. The van der Waals surface area contributed by atoms with E-state index in [4.69, 9.17) is 0 Å². The van der Waals surface area contributed by atoms with E-state index in [1.807, 2.05) is 70.2 Å².